The van der Waals surface area contributed by atoms with E-state index in [0.717, 1.165) is 22.6 Å². The standard InChI is InChI=1S/C23H21N9O2/c1-30-11-14(10-26-30)21-27-28-22(34-21)23(33)31-8-6-16-19(25-12-24-16)20(31)17-9-18-15(13-4-5-13)3-2-7-32(18)29-17/h2-3,7,9-13,20H,4-6,8H2,1H3,(H,24,25)/t20-/m0/s1. The lowest BCUT2D eigenvalue weighted by molar-refractivity contribution is 0.0646. The first-order chi connectivity index (χ1) is 16.7. The molecule has 1 N–H and O–H groups in total. The Morgan fingerprint density at radius 1 is 1.26 bits per heavy atom. The van der Waals surface area contributed by atoms with Crippen molar-refractivity contribution in [3.8, 4) is 11.5 Å². The highest BCUT2D eigenvalue weighted by atomic mass is 16.4. The van der Waals surface area contributed by atoms with Crippen LogP contribution in [0, 0.1) is 0 Å². The molecule has 6 heterocycles. The van der Waals surface area contributed by atoms with E-state index in [0.29, 0.717) is 24.4 Å². The van der Waals surface area contributed by atoms with Gasteiger partial charge >= 0.3 is 11.8 Å². The molecule has 0 unspecified atom stereocenters. The molecule has 1 saturated carbocycles. The number of rotatable bonds is 4. The summed E-state index contributed by atoms with van der Waals surface area (Å²) in [4.78, 5) is 23.1. The summed E-state index contributed by atoms with van der Waals surface area (Å²) in [7, 11) is 1.80. The van der Waals surface area contributed by atoms with E-state index < -0.39 is 6.04 Å². The molecule has 2 aliphatic rings. The van der Waals surface area contributed by atoms with Crippen molar-refractivity contribution in [3.63, 3.8) is 0 Å². The van der Waals surface area contributed by atoms with Gasteiger partial charge in [-0.15, -0.1) is 10.2 Å². The Morgan fingerprint density at radius 3 is 3.00 bits per heavy atom. The van der Waals surface area contributed by atoms with Gasteiger partial charge in [-0.3, -0.25) is 9.48 Å². The fourth-order valence-electron chi connectivity index (χ4n) is 4.81. The van der Waals surface area contributed by atoms with E-state index >= 15 is 0 Å². The van der Waals surface area contributed by atoms with Crippen LogP contribution in [0.25, 0.3) is 17.0 Å². The number of aryl methyl sites for hydroxylation is 1. The summed E-state index contributed by atoms with van der Waals surface area (Å²) in [5.74, 6) is 0.431. The number of aromatic nitrogens is 8. The van der Waals surface area contributed by atoms with Crippen molar-refractivity contribution < 1.29 is 9.21 Å². The van der Waals surface area contributed by atoms with Crippen molar-refractivity contribution in [1.82, 2.24) is 44.5 Å². The van der Waals surface area contributed by atoms with E-state index in [2.05, 4.69) is 37.4 Å². The molecule has 0 bridgehead atoms. The molecule has 1 aliphatic carbocycles. The number of amides is 1. The Labute approximate surface area is 193 Å². The third-order valence-electron chi connectivity index (χ3n) is 6.60. The third-order valence-corrected chi connectivity index (χ3v) is 6.60. The summed E-state index contributed by atoms with van der Waals surface area (Å²) >= 11 is 0. The fourth-order valence-corrected chi connectivity index (χ4v) is 4.81. The molecular formula is C23H21N9O2. The molecule has 11 heteroatoms. The number of imidazole rings is 1. The first kappa shape index (κ1) is 19.2. The maximum atomic E-state index is 13.6. The van der Waals surface area contributed by atoms with Crippen molar-refractivity contribution in [2.75, 3.05) is 6.54 Å². The summed E-state index contributed by atoms with van der Waals surface area (Å²) in [6.07, 6.45) is 10.1. The SMILES string of the molecule is Cn1cc(-c2nnc(C(=O)N3CCc4[nH]cnc4[C@@H]3c3cc4c(C5CC5)cccn4n3)o2)cn1. The number of aromatic amines is 1. The first-order valence-corrected chi connectivity index (χ1v) is 11.3. The van der Waals surface area contributed by atoms with E-state index in [9.17, 15) is 4.79 Å². The van der Waals surface area contributed by atoms with Gasteiger partial charge in [0.15, 0.2) is 0 Å². The molecule has 1 amide bonds. The molecule has 0 aromatic carbocycles. The van der Waals surface area contributed by atoms with Gasteiger partial charge < -0.3 is 14.3 Å². The number of fused-ring (bicyclic) bond motifs is 2. The lowest BCUT2D eigenvalue weighted by Gasteiger charge is -2.32. The van der Waals surface area contributed by atoms with Gasteiger partial charge in [0.1, 0.15) is 6.04 Å². The second kappa shape index (κ2) is 7.11. The van der Waals surface area contributed by atoms with Crippen LogP contribution < -0.4 is 0 Å². The number of H-pyrrole nitrogens is 1. The van der Waals surface area contributed by atoms with E-state index in [-0.39, 0.29) is 17.7 Å². The van der Waals surface area contributed by atoms with Crippen molar-refractivity contribution in [2.45, 2.75) is 31.2 Å². The van der Waals surface area contributed by atoms with E-state index in [1.807, 2.05) is 16.8 Å². The van der Waals surface area contributed by atoms with Crippen molar-refractivity contribution in [2.24, 2.45) is 7.05 Å². The second-order valence-corrected chi connectivity index (χ2v) is 8.87. The number of hydrogen-bond donors (Lipinski definition) is 1. The number of pyridine rings is 1. The molecule has 5 aromatic rings. The molecule has 0 spiro atoms. The van der Waals surface area contributed by atoms with Crippen LogP contribution in [-0.2, 0) is 13.5 Å². The lowest BCUT2D eigenvalue weighted by Crippen LogP contribution is -2.41. The van der Waals surface area contributed by atoms with Gasteiger partial charge in [-0.25, -0.2) is 9.50 Å². The Morgan fingerprint density at radius 2 is 2.18 bits per heavy atom. The zero-order valence-electron chi connectivity index (χ0n) is 18.4. The highest BCUT2D eigenvalue weighted by Gasteiger charge is 2.38. The summed E-state index contributed by atoms with van der Waals surface area (Å²) in [6.45, 7) is 0.479. The summed E-state index contributed by atoms with van der Waals surface area (Å²) in [5.41, 5.74) is 5.60. The zero-order valence-corrected chi connectivity index (χ0v) is 18.4. The lowest BCUT2D eigenvalue weighted by atomic mass is 9.99. The minimum atomic E-state index is -0.455. The maximum Gasteiger partial charge on any atom is 0.312 e. The fraction of sp³-hybridized carbons (Fsp3) is 0.304. The molecule has 11 nitrogen and oxygen atoms in total. The second-order valence-electron chi connectivity index (χ2n) is 8.87. The quantitative estimate of drug-likeness (QED) is 0.442. The third kappa shape index (κ3) is 2.96. The monoisotopic (exact) mass is 455 g/mol. The van der Waals surface area contributed by atoms with Crippen LogP contribution in [0.4, 0.5) is 0 Å². The Hall–Kier alpha value is -4.28. The molecule has 0 saturated heterocycles. The molecule has 170 valence electrons. The largest absolute Gasteiger partial charge is 0.412 e. The molecule has 34 heavy (non-hydrogen) atoms. The van der Waals surface area contributed by atoms with Crippen LogP contribution in [0.3, 0.4) is 0 Å². The van der Waals surface area contributed by atoms with Gasteiger partial charge in [-0.2, -0.15) is 10.2 Å². The summed E-state index contributed by atoms with van der Waals surface area (Å²) in [6, 6.07) is 5.82. The van der Waals surface area contributed by atoms with Crippen LogP contribution in [-0.4, -0.2) is 56.9 Å². The van der Waals surface area contributed by atoms with Crippen LogP contribution in [0.2, 0.25) is 0 Å². The number of hydrogen-bond acceptors (Lipinski definition) is 7. The van der Waals surface area contributed by atoms with Crippen LogP contribution in [0.1, 0.15) is 58.1 Å². The Kier molecular flexibility index (Phi) is 4.02. The van der Waals surface area contributed by atoms with Gasteiger partial charge in [0, 0.05) is 38.1 Å². The Balaban J connectivity index is 1.29. The van der Waals surface area contributed by atoms with Crippen LogP contribution in [0.5, 0.6) is 0 Å². The van der Waals surface area contributed by atoms with Gasteiger partial charge in [0.25, 0.3) is 5.89 Å². The molecule has 1 aliphatic heterocycles. The van der Waals surface area contributed by atoms with Crippen molar-refractivity contribution >= 4 is 11.4 Å². The van der Waals surface area contributed by atoms with Crippen LogP contribution >= 0.6 is 0 Å². The molecular weight excluding hydrogens is 434 g/mol. The van der Waals surface area contributed by atoms with Gasteiger partial charge in [0.2, 0.25) is 0 Å². The molecule has 7 rings (SSSR count). The molecule has 0 radical (unpaired) electrons. The van der Waals surface area contributed by atoms with Crippen LogP contribution in [0.15, 0.2) is 47.5 Å². The number of carbonyl (C=O) groups excluding carboxylic acids is 1. The van der Waals surface area contributed by atoms with Gasteiger partial charge in [-0.1, -0.05) is 6.07 Å². The highest BCUT2D eigenvalue weighted by Crippen LogP contribution is 2.43. The molecule has 1 atom stereocenters. The smallest absolute Gasteiger partial charge is 0.312 e. The average Bonchev–Trinajstić information content (AvgIpc) is 3.27. The topological polar surface area (TPSA) is 123 Å². The minimum Gasteiger partial charge on any atom is -0.412 e. The van der Waals surface area contributed by atoms with Gasteiger partial charge in [0.05, 0.1) is 35.0 Å². The molecule has 1 fully saturated rings. The summed E-state index contributed by atoms with van der Waals surface area (Å²) in [5, 5.41) is 17.1. The number of nitrogens with one attached hydrogen (secondary N) is 1. The summed E-state index contributed by atoms with van der Waals surface area (Å²) < 4.78 is 9.29. The first-order valence-electron chi connectivity index (χ1n) is 11.3. The van der Waals surface area contributed by atoms with E-state index in [1.165, 1.54) is 18.4 Å². The average molecular weight is 455 g/mol. The predicted molar refractivity (Wildman–Crippen MR) is 119 cm³/mol. The Bertz CT molecular complexity index is 1540. The van der Waals surface area contributed by atoms with Crippen molar-refractivity contribution in [1.29, 1.82) is 0 Å². The van der Waals surface area contributed by atoms with Gasteiger partial charge in [-0.05, 0) is 36.5 Å². The zero-order chi connectivity index (χ0) is 22.8. The normalized spacial score (nSPS) is 17.9. The number of nitrogens with zero attached hydrogens (tertiary/aromatic N) is 8. The highest BCUT2D eigenvalue weighted by molar-refractivity contribution is 5.90. The van der Waals surface area contributed by atoms with E-state index in [4.69, 9.17) is 9.52 Å². The van der Waals surface area contributed by atoms with Crippen molar-refractivity contribution in [3.05, 3.63) is 71.7 Å². The predicted octanol–water partition coefficient (Wildman–Crippen LogP) is 2.51. The molecule has 5 aromatic heterocycles. The minimum absolute atomic E-state index is 0.0646. The number of carbonyl (C=O) groups is 1. The maximum absolute atomic E-state index is 13.6. The van der Waals surface area contributed by atoms with E-state index in [1.54, 1.807) is 35.4 Å².